The summed E-state index contributed by atoms with van der Waals surface area (Å²) in [6.45, 7) is 4.90. The van der Waals surface area contributed by atoms with Crippen LogP contribution in [0.5, 0.6) is 0 Å². The van der Waals surface area contributed by atoms with Crippen LogP contribution in [0.25, 0.3) is 0 Å². The summed E-state index contributed by atoms with van der Waals surface area (Å²) < 4.78 is 4.59. The molecule has 0 aromatic heterocycles. The summed E-state index contributed by atoms with van der Waals surface area (Å²) in [5.41, 5.74) is 4.51. The van der Waals surface area contributed by atoms with Crippen molar-refractivity contribution in [3.63, 3.8) is 0 Å². The fraction of sp³-hybridized carbons (Fsp3) is 0.778. The Labute approximate surface area is 84.0 Å². The molecule has 1 unspecified atom stereocenters. The molecule has 3 N–H and O–H groups in total. The average molecular weight is 202 g/mol. The van der Waals surface area contributed by atoms with E-state index < -0.39 is 23.5 Å². The summed E-state index contributed by atoms with van der Waals surface area (Å²) in [5.74, 6) is -1.30. The van der Waals surface area contributed by atoms with Gasteiger partial charge in [-0.3, -0.25) is 0 Å². The zero-order chi connectivity index (χ0) is 11.4. The lowest BCUT2D eigenvalue weighted by Gasteiger charge is -2.20. The second kappa shape index (κ2) is 5.07. The predicted molar refractivity (Wildman–Crippen MR) is 52.5 cm³/mol. The molecule has 14 heavy (non-hydrogen) atoms. The Hall–Kier alpha value is -0.940. The molecule has 0 aromatic rings. The molecule has 0 aromatic carbocycles. The van der Waals surface area contributed by atoms with E-state index >= 15 is 0 Å². The Morgan fingerprint density at radius 2 is 2.07 bits per heavy atom. The molecule has 0 spiro atoms. The van der Waals surface area contributed by atoms with Crippen LogP contribution in [0.2, 0.25) is 0 Å². The van der Waals surface area contributed by atoms with Crippen molar-refractivity contribution in [2.75, 3.05) is 7.05 Å². The highest BCUT2D eigenvalue weighted by Gasteiger charge is 2.30. The summed E-state index contributed by atoms with van der Waals surface area (Å²) in [4.78, 5) is 22.5. The number of hydrogen-bond acceptors (Lipinski definition) is 5. The molecule has 0 fully saturated rings. The molecule has 0 radical (unpaired) electrons. The Morgan fingerprint density at radius 1 is 1.57 bits per heavy atom. The van der Waals surface area contributed by atoms with Crippen molar-refractivity contribution in [3.8, 4) is 0 Å². The Bertz CT molecular complexity index is 226. The third-order valence-electron chi connectivity index (χ3n) is 2.18. The molecule has 0 saturated heterocycles. The number of rotatable bonds is 4. The zero-order valence-corrected chi connectivity index (χ0v) is 9.09. The van der Waals surface area contributed by atoms with Gasteiger partial charge >= 0.3 is 11.9 Å². The maximum absolute atomic E-state index is 11.3. The van der Waals surface area contributed by atoms with Gasteiger partial charge in [0.1, 0.15) is 11.6 Å². The zero-order valence-electron chi connectivity index (χ0n) is 9.09. The van der Waals surface area contributed by atoms with Crippen LogP contribution in [0.4, 0.5) is 0 Å². The van der Waals surface area contributed by atoms with Gasteiger partial charge in [-0.1, -0.05) is 6.92 Å². The van der Waals surface area contributed by atoms with Crippen LogP contribution in [0.15, 0.2) is 0 Å². The van der Waals surface area contributed by atoms with Crippen LogP contribution < -0.4 is 11.1 Å². The van der Waals surface area contributed by atoms with Crippen LogP contribution in [-0.2, 0) is 14.3 Å². The molecule has 0 aliphatic carbocycles. The Morgan fingerprint density at radius 3 is 2.43 bits per heavy atom. The molecular weight excluding hydrogens is 184 g/mol. The van der Waals surface area contributed by atoms with E-state index in [-0.39, 0.29) is 0 Å². The van der Waals surface area contributed by atoms with E-state index in [4.69, 9.17) is 5.73 Å². The highest BCUT2D eigenvalue weighted by atomic mass is 16.6. The van der Waals surface area contributed by atoms with Gasteiger partial charge in [0.05, 0.1) is 0 Å². The van der Waals surface area contributed by atoms with Gasteiger partial charge in [-0.2, -0.15) is 0 Å². The maximum atomic E-state index is 11.3. The van der Waals surface area contributed by atoms with E-state index in [9.17, 15) is 9.59 Å². The number of hydrogen-bond donors (Lipinski definition) is 2. The first-order chi connectivity index (χ1) is 6.35. The Balaban J connectivity index is 4.27. The van der Waals surface area contributed by atoms with Gasteiger partial charge in [-0.25, -0.2) is 9.59 Å². The lowest BCUT2D eigenvalue weighted by molar-refractivity contribution is -0.164. The highest BCUT2D eigenvalue weighted by Crippen LogP contribution is 2.07. The smallest absolute Gasteiger partial charge is 0.333 e. The molecule has 82 valence electrons. The van der Waals surface area contributed by atoms with Crippen molar-refractivity contribution in [3.05, 3.63) is 0 Å². The molecular formula is C9H18N2O3. The molecule has 0 aliphatic heterocycles. The maximum Gasteiger partial charge on any atom is 0.333 e. The van der Waals surface area contributed by atoms with Crippen LogP contribution in [0, 0.1) is 0 Å². The molecule has 5 nitrogen and oxygen atoms in total. The minimum absolute atomic E-state index is 0.424. The standard InChI is InChI=1S/C9H18N2O3/c1-5-9(3,10)8(13)14-7(12)6(2)11-4/h6,11H,5,10H2,1-4H3/t6-,9?/m0/s1. The van der Waals surface area contributed by atoms with Gasteiger partial charge in [0.15, 0.2) is 0 Å². The van der Waals surface area contributed by atoms with E-state index in [2.05, 4.69) is 10.1 Å². The minimum atomic E-state index is -1.09. The molecule has 2 atom stereocenters. The van der Waals surface area contributed by atoms with Gasteiger partial charge in [-0.15, -0.1) is 0 Å². The summed E-state index contributed by atoms with van der Waals surface area (Å²) in [6, 6.07) is -0.508. The van der Waals surface area contributed by atoms with E-state index in [0.717, 1.165) is 0 Å². The SMILES string of the molecule is CCC(C)(N)C(=O)OC(=O)[C@H](C)NC. The van der Waals surface area contributed by atoms with Crippen LogP contribution >= 0.6 is 0 Å². The lowest BCUT2D eigenvalue weighted by Crippen LogP contribution is -2.48. The van der Waals surface area contributed by atoms with Crippen molar-refractivity contribution < 1.29 is 14.3 Å². The first-order valence-electron chi connectivity index (χ1n) is 4.57. The molecule has 0 aliphatic rings. The van der Waals surface area contributed by atoms with Crippen LogP contribution in [-0.4, -0.2) is 30.6 Å². The molecule has 0 bridgehead atoms. The first-order valence-corrected chi connectivity index (χ1v) is 4.57. The minimum Gasteiger partial charge on any atom is -0.391 e. The number of carbonyl (C=O) groups excluding carboxylic acids is 2. The number of esters is 2. The molecule has 0 heterocycles. The van der Waals surface area contributed by atoms with Crippen molar-refractivity contribution in [1.29, 1.82) is 0 Å². The predicted octanol–water partition coefficient (Wildman–Crippen LogP) is -0.208. The third kappa shape index (κ3) is 3.43. The summed E-state index contributed by atoms with van der Waals surface area (Å²) in [7, 11) is 1.61. The molecule has 5 heteroatoms. The van der Waals surface area contributed by atoms with Crippen molar-refractivity contribution in [2.24, 2.45) is 5.73 Å². The van der Waals surface area contributed by atoms with E-state index in [1.807, 2.05) is 0 Å². The topological polar surface area (TPSA) is 81.4 Å². The van der Waals surface area contributed by atoms with Gasteiger partial charge in [0.25, 0.3) is 0 Å². The summed E-state index contributed by atoms with van der Waals surface area (Å²) >= 11 is 0. The number of likely N-dealkylation sites (N-methyl/N-ethyl adjacent to an activating group) is 1. The van der Waals surface area contributed by atoms with Crippen molar-refractivity contribution in [2.45, 2.75) is 38.8 Å². The van der Waals surface area contributed by atoms with Crippen molar-refractivity contribution >= 4 is 11.9 Å². The van der Waals surface area contributed by atoms with Crippen LogP contribution in [0.3, 0.4) is 0 Å². The fourth-order valence-electron chi connectivity index (χ4n) is 0.559. The van der Waals surface area contributed by atoms with Crippen molar-refractivity contribution in [1.82, 2.24) is 5.32 Å². The molecule has 0 rings (SSSR count). The quantitative estimate of drug-likeness (QED) is 0.487. The Kier molecular flexibility index (Phi) is 4.73. The van der Waals surface area contributed by atoms with E-state index in [1.165, 1.54) is 6.92 Å². The number of ether oxygens (including phenoxy) is 1. The average Bonchev–Trinajstić information content (AvgIpc) is 2.16. The van der Waals surface area contributed by atoms with E-state index in [0.29, 0.717) is 6.42 Å². The largest absolute Gasteiger partial charge is 0.391 e. The first kappa shape index (κ1) is 13.1. The fourth-order valence-corrected chi connectivity index (χ4v) is 0.559. The van der Waals surface area contributed by atoms with E-state index in [1.54, 1.807) is 20.9 Å². The van der Waals surface area contributed by atoms with Gasteiger partial charge in [-0.05, 0) is 27.3 Å². The second-order valence-corrected chi connectivity index (χ2v) is 3.49. The van der Waals surface area contributed by atoms with Gasteiger partial charge in [0, 0.05) is 0 Å². The number of nitrogens with two attached hydrogens (primary N) is 1. The summed E-state index contributed by atoms with van der Waals surface area (Å²) in [5, 5.41) is 2.67. The normalized spacial score (nSPS) is 16.9. The number of carbonyl (C=O) groups is 2. The van der Waals surface area contributed by atoms with Gasteiger partial charge < -0.3 is 15.8 Å². The van der Waals surface area contributed by atoms with Crippen LogP contribution in [0.1, 0.15) is 27.2 Å². The lowest BCUT2D eigenvalue weighted by atomic mass is 10.0. The third-order valence-corrected chi connectivity index (χ3v) is 2.18. The second-order valence-electron chi connectivity index (χ2n) is 3.49. The molecule has 0 amide bonds. The monoisotopic (exact) mass is 202 g/mol. The highest BCUT2D eigenvalue weighted by molar-refractivity contribution is 5.92. The van der Waals surface area contributed by atoms with Gasteiger partial charge in [0.2, 0.25) is 0 Å². The summed E-state index contributed by atoms with van der Waals surface area (Å²) in [6.07, 6.45) is 0.424. The molecule has 0 saturated carbocycles. The number of nitrogens with one attached hydrogen (secondary N) is 1.